The zero-order valence-corrected chi connectivity index (χ0v) is 9.10. The molecule has 0 spiro atoms. The summed E-state index contributed by atoms with van der Waals surface area (Å²) in [5.74, 6) is 0. The van der Waals surface area contributed by atoms with Crippen LogP contribution < -0.4 is 0 Å². The van der Waals surface area contributed by atoms with Crippen molar-refractivity contribution < 1.29 is 9.84 Å². The van der Waals surface area contributed by atoms with Crippen LogP contribution in [0.15, 0.2) is 22.7 Å². The number of aliphatic hydroxyl groups is 1. The van der Waals surface area contributed by atoms with Crippen LogP contribution in [0.3, 0.4) is 0 Å². The van der Waals surface area contributed by atoms with Gasteiger partial charge in [-0.05, 0) is 12.1 Å². The highest BCUT2D eigenvalue weighted by Crippen LogP contribution is 2.35. The third-order valence-corrected chi connectivity index (χ3v) is 2.92. The standard InChI is InChI=1S/C9H8BrClO2/c10-6-1-2-7(8(11)3-6)9(12)4-13-5-9/h1-3,12H,4-5H2. The molecule has 0 amide bonds. The molecule has 0 radical (unpaired) electrons. The molecule has 0 atom stereocenters. The van der Waals surface area contributed by atoms with E-state index in [4.69, 9.17) is 16.3 Å². The molecule has 13 heavy (non-hydrogen) atoms. The van der Waals surface area contributed by atoms with E-state index >= 15 is 0 Å². The average Bonchev–Trinajstić information content (AvgIpc) is 2.00. The molecule has 1 aliphatic rings. The van der Waals surface area contributed by atoms with Gasteiger partial charge >= 0.3 is 0 Å². The Balaban J connectivity index is 2.40. The second kappa shape index (κ2) is 3.24. The van der Waals surface area contributed by atoms with E-state index in [1.165, 1.54) is 0 Å². The Labute approximate surface area is 89.6 Å². The highest BCUT2D eigenvalue weighted by molar-refractivity contribution is 9.10. The van der Waals surface area contributed by atoms with E-state index in [1.54, 1.807) is 6.07 Å². The van der Waals surface area contributed by atoms with E-state index in [0.29, 0.717) is 18.2 Å². The first-order valence-corrected chi connectivity index (χ1v) is 5.05. The van der Waals surface area contributed by atoms with Crippen LogP contribution in [0.4, 0.5) is 0 Å². The van der Waals surface area contributed by atoms with Crippen molar-refractivity contribution in [2.75, 3.05) is 13.2 Å². The van der Waals surface area contributed by atoms with Crippen LogP contribution in [0, 0.1) is 0 Å². The molecular formula is C9H8BrClO2. The molecule has 1 N–H and O–H groups in total. The molecule has 0 saturated carbocycles. The summed E-state index contributed by atoms with van der Waals surface area (Å²) in [7, 11) is 0. The normalized spacial score (nSPS) is 19.6. The molecule has 1 heterocycles. The van der Waals surface area contributed by atoms with E-state index < -0.39 is 5.60 Å². The van der Waals surface area contributed by atoms with Gasteiger partial charge in [0.15, 0.2) is 0 Å². The summed E-state index contributed by atoms with van der Waals surface area (Å²) in [5.41, 5.74) is -0.138. The van der Waals surface area contributed by atoms with Gasteiger partial charge in [-0.1, -0.05) is 33.6 Å². The van der Waals surface area contributed by atoms with E-state index in [1.807, 2.05) is 12.1 Å². The van der Waals surface area contributed by atoms with Crippen LogP contribution in [-0.4, -0.2) is 18.3 Å². The maximum absolute atomic E-state index is 9.93. The third kappa shape index (κ3) is 1.62. The quantitative estimate of drug-likeness (QED) is 0.842. The summed E-state index contributed by atoms with van der Waals surface area (Å²) < 4.78 is 5.86. The van der Waals surface area contributed by atoms with E-state index in [2.05, 4.69) is 15.9 Å². The lowest BCUT2D eigenvalue weighted by Crippen LogP contribution is -2.46. The Morgan fingerprint density at radius 1 is 1.46 bits per heavy atom. The monoisotopic (exact) mass is 262 g/mol. The molecule has 2 rings (SSSR count). The molecule has 2 nitrogen and oxygen atoms in total. The lowest BCUT2D eigenvalue weighted by molar-refractivity contribution is -0.184. The van der Waals surface area contributed by atoms with Crippen LogP contribution in [-0.2, 0) is 10.3 Å². The van der Waals surface area contributed by atoms with Crippen molar-refractivity contribution in [3.63, 3.8) is 0 Å². The number of hydrogen-bond donors (Lipinski definition) is 1. The molecule has 70 valence electrons. The van der Waals surface area contributed by atoms with Gasteiger partial charge in [0.2, 0.25) is 0 Å². The van der Waals surface area contributed by atoms with Crippen molar-refractivity contribution in [1.29, 1.82) is 0 Å². The molecule has 1 aliphatic heterocycles. The summed E-state index contributed by atoms with van der Waals surface area (Å²) >= 11 is 9.29. The van der Waals surface area contributed by atoms with Crippen LogP contribution >= 0.6 is 27.5 Å². The third-order valence-electron chi connectivity index (χ3n) is 2.11. The number of ether oxygens (including phenoxy) is 1. The van der Waals surface area contributed by atoms with Crippen LogP contribution in [0.5, 0.6) is 0 Å². The van der Waals surface area contributed by atoms with E-state index in [-0.39, 0.29) is 0 Å². The van der Waals surface area contributed by atoms with Gasteiger partial charge in [-0.3, -0.25) is 0 Å². The molecule has 1 aromatic carbocycles. The van der Waals surface area contributed by atoms with Gasteiger partial charge in [-0.2, -0.15) is 0 Å². The van der Waals surface area contributed by atoms with Crippen LogP contribution in [0.25, 0.3) is 0 Å². The second-order valence-electron chi connectivity index (χ2n) is 3.15. The molecule has 0 aromatic heterocycles. The minimum atomic E-state index is -0.877. The largest absolute Gasteiger partial charge is 0.380 e. The van der Waals surface area contributed by atoms with Gasteiger partial charge in [0.1, 0.15) is 5.60 Å². The van der Waals surface area contributed by atoms with Crippen LogP contribution in [0.1, 0.15) is 5.56 Å². The van der Waals surface area contributed by atoms with Crippen molar-refractivity contribution in [3.05, 3.63) is 33.3 Å². The lowest BCUT2D eigenvalue weighted by Gasteiger charge is -2.37. The predicted octanol–water partition coefficient (Wildman–Crippen LogP) is 2.32. The van der Waals surface area contributed by atoms with Crippen molar-refractivity contribution >= 4 is 27.5 Å². The maximum Gasteiger partial charge on any atom is 0.137 e. The van der Waals surface area contributed by atoms with Gasteiger partial charge in [0.25, 0.3) is 0 Å². The van der Waals surface area contributed by atoms with Crippen molar-refractivity contribution in [1.82, 2.24) is 0 Å². The van der Waals surface area contributed by atoms with Gasteiger partial charge in [0, 0.05) is 15.1 Å². The van der Waals surface area contributed by atoms with E-state index in [9.17, 15) is 5.11 Å². The van der Waals surface area contributed by atoms with E-state index in [0.717, 1.165) is 10.0 Å². The predicted molar refractivity (Wildman–Crippen MR) is 53.9 cm³/mol. The number of halogens is 2. The molecular weight excluding hydrogens is 255 g/mol. The number of rotatable bonds is 1. The first kappa shape index (κ1) is 9.46. The lowest BCUT2D eigenvalue weighted by atomic mass is 9.92. The highest BCUT2D eigenvalue weighted by Gasteiger charge is 2.39. The smallest absolute Gasteiger partial charge is 0.137 e. The fraction of sp³-hybridized carbons (Fsp3) is 0.333. The zero-order chi connectivity index (χ0) is 9.47. The minimum Gasteiger partial charge on any atom is -0.380 e. The summed E-state index contributed by atoms with van der Waals surface area (Å²) in [5, 5.41) is 10.5. The van der Waals surface area contributed by atoms with Crippen molar-refractivity contribution in [2.24, 2.45) is 0 Å². The maximum atomic E-state index is 9.93. The molecule has 1 fully saturated rings. The van der Waals surface area contributed by atoms with Crippen molar-refractivity contribution in [3.8, 4) is 0 Å². The Morgan fingerprint density at radius 3 is 2.62 bits per heavy atom. The Bertz CT molecular complexity index is 336. The van der Waals surface area contributed by atoms with Gasteiger partial charge in [0.05, 0.1) is 13.2 Å². The zero-order valence-electron chi connectivity index (χ0n) is 6.76. The topological polar surface area (TPSA) is 29.5 Å². The van der Waals surface area contributed by atoms with Crippen molar-refractivity contribution in [2.45, 2.75) is 5.60 Å². The first-order valence-electron chi connectivity index (χ1n) is 3.87. The van der Waals surface area contributed by atoms with Gasteiger partial charge in [-0.15, -0.1) is 0 Å². The Morgan fingerprint density at radius 2 is 2.15 bits per heavy atom. The SMILES string of the molecule is OC1(c2ccc(Br)cc2Cl)COC1. The molecule has 1 aromatic rings. The van der Waals surface area contributed by atoms with Crippen LogP contribution in [0.2, 0.25) is 5.02 Å². The summed E-state index contributed by atoms with van der Waals surface area (Å²) in [6.45, 7) is 0.655. The Hall–Kier alpha value is -0.0900. The summed E-state index contributed by atoms with van der Waals surface area (Å²) in [6.07, 6.45) is 0. The molecule has 1 saturated heterocycles. The Kier molecular flexibility index (Phi) is 2.36. The second-order valence-corrected chi connectivity index (χ2v) is 4.47. The number of hydrogen-bond acceptors (Lipinski definition) is 2. The minimum absolute atomic E-state index is 0.328. The summed E-state index contributed by atoms with van der Waals surface area (Å²) in [6, 6.07) is 5.44. The van der Waals surface area contributed by atoms with Gasteiger partial charge in [-0.25, -0.2) is 0 Å². The molecule has 4 heteroatoms. The summed E-state index contributed by atoms with van der Waals surface area (Å²) in [4.78, 5) is 0. The first-order chi connectivity index (χ1) is 6.12. The molecule has 0 bridgehead atoms. The fourth-order valence-corrected chi connectivity index (χ4v) is 2.17. The highest BCUT2D eigenvalue weighted by atomic mass is 79.9. The van der Waals surface area contributed by atoms with Gasteiger partial charge < -0.3 is 9.84 Å². The fourth-order valence-electron chi connectivity index (χ4n) is 1.32. The number of benzene rings is 1. The molecule has 0 aliphatic carbocycles. The average molecular weight is 264 g/mol. The molecule has 0 unspecified atom stereocenters.